The maximum absolute atomic E-state index is 12.3. The van der Waals surface area contributed by atoms with Crippen molar-refractivity contribution in [1.29, 1.82) is 0 Å². The van der Waals surface area contributed by atoms with Crippen LogP contribution in [0.15, 0.2) is 23.1 Å². The molecule has 0 radical (unpaired) electrons. The molecule has 6 heteroatoms. The van der Waals surface area contributed by atoms with Gasteiger partial charge in [0.2, 0.25) is 5.91 Å². The van der Waals surface area contributed by atoms with Gasteiger partial charge in [0.15, 0.2) is 0 Å². The van der Waals surface area contributed by atoms with Crippen LogP contribution in [0.2, 0.25) is 0 Å². The third-order valence-corrected chi connectivity index (χ3v) is 5.88. The first kappa shape index (κ1) is 18.3. The number of anilines is 1. The number of fused-ring (bicyclic) bond motifs is 1. The molecule has 3 N–H and O–H groups in total. The summed E-state index contributed by atoms with van der Waals surface area (Å²) in [4.78, 5) is 25.1. The van der Waals surface area contributed by atoms with E-state index in [1.165, 1.54) is 38.5 Å². The number of rotatable bonds is 5. The number of thioether (sulfide) groups is 1. The Hall–Kier alpha value is -1.53. The van der Waals surface area contributed by atoms with E-state index < -0.39 is 0 Å². The van der Waals surface area contributed by atoms with Crippen LogP contribution in [-0.4, -0.2) is 36.7 Å². The average molecular weight is 362 g/mol. The molecule has 2 amide bonds. The number of benzene rings is 1. The first-order chi connectivity index (χ1) is 12.2. The smallest absolute Gasteiger partial charge is 0.251 e. The zero-order valence-electron chi connectivity index (χ0n) is 14.6. The molecule has 1 saturated carbocycles. The molecular formula is C19H27N3O2S. The van der Waals surface area contributed by atoms with Crippen LogP contribution in [-0.2, 0) is 4.79 Å². The van der Waals surface area contributed by atoms with E-state index in [9.17, 15) is 9.59 Å². The van der Waals surface area contributed by atoms with Crippen molar-refractivity contribution >= 4 is 29.3 Å². The van der Waals surface area contributed by atoms with E-state index in [2.05, 4.69) is 16.0 Å². The van der Waals surface area contributed by atoms with Gasteiger partial charge in [0.05, 0.1) is 5.69 Å². The number of hydrogen-bond acceptors (Lipinski definition) is 4. The van der Waals surface area contributed by atoms with Crippen LogP contribution in [0, 0.1) is 0 Å². The summed E-state index contributed by atoms with van der Waals surface area (Å²) in [5, 5.41) is 9.41. The fraction of sp³-hybridized carbons (Fsp3) is 0.579. The van der Waals surface area contributed by atoms with Gasteiger partial charge in [-0.15, -0.1) is 11.8 Å². The van der Waals surface area contributed by atoms with Gasteiger partial charge in [-0.05, 0) is 31.0 Å². The van der Waals surface area contributed by atoms with E-state index in [0.717, 1.165) is 22.9 Å². The van der Waals surface area contributed by atoms with E-state index in [4.69, 9.17) is 0 Å². The van der Waals surface area contributed by atoms with Crippen molar-refractivity contribution in [3.63, 3.8) is 0 Å². The number of carbonyl (C=O) groups excluding carboxylic acids is 2. The molecule has 1 heterocycles. The SMILES string of the molecule is O=C1CCSc2ccc(C(=O)NCCNC3CCCCCC3)cc2N1. The highest BCUT2D eigenvalue weighted by Crippen LogP contribution is 2.31. The van der Waals surface area contributed by atoms with Crippen molar-refractivity contribution in [2.75, 3.05) is 24.2 Å². The summed E-state index contributed by atoms with van der Waals surface area (Å²) in [5.41, 5.74) is 1.34. The van der Waals surface area contributed by atoms with Gasteiger partial charge in [0.25, 0.3) is 5.91 Å². The van der Waals surface area contributed by atoms with Crippen LogP contribution in [0.5, 0.6) is 0 Å². The minimum Gasteiger partial charge on any atom is -0.351 e. The Morgan fingerprint density at radius 3 is 2.76 bits per heavy atom. The lowest BCUT2D eigenvalue weighted by Crippen LogP contribution is -2.36. The molecule has 1 aromatic carbocycles. The molecule has 5 nitrogen and oxygen atoms in total. The summed E-state index contributed by atoms with van der Waals surface area (Å²) < 4.78 is 0. The lowest BCUT2D eigenvalue weighted by atomic mass is 10.1. The Kier molecular flexibility index (Phi) is 6.76. The number of hydrogen-bond donors (Lipinski definition) is 3. The molecule has 1 fully saturated rings. The monoisotopic (exact) mass is 361 g/mol. The maximum atomic E-state index is 12.3. The van der Waals surface area contributed by atoms with Crippen molar-refractivity contribution in [3.05, 3.63) is 23.8 Å². The quantitative estimate of drug-likeness (QED) is 0.556. The van der Waals surface area contributed by atoms with Gasteiger partial charge in [-0.2, -0.15) is 0 Å². The molecule has 0 unspecified atom stereocenters. The topological polar surface area (TPSA) is 70.2 Å². The van der Waals surface area contributed by atoms with Gasteiger partial charge in [-0.1, -0.05) is 25.7 Å². The second kappa shape index (κ2) is 9.25. The van der Waals surface area contributed by atoms with Gasteiger partial charge in [0, 0.05) is 41.8 Å². The Labute approximate surface area is 153 Å². The lowest BCUT2D eigenvalue weighted by molar-refractivity contribution is -0.115. The Morgan fingerprint density at radius 2 is 1.96 bits per heavy atom. The van der Waals surface area contributed by atoms with E-state index in [1.807, 2.05) is 12.1 Å². The molecule has 0 saturated heterocycles. The average Bonchev–Trinajstić information content (AvgIpc) is 2.97. The maximum Gasteiger partial charge on any atom is 0.251 e. The van der Waals surface area contributed by atoms with Gasteiger partial charge in [0.1, 0.15) is 0 Å². The molecule has 3 rings (SSSR count). The molecule has 136 valence electrons. The van der Waals surface area contributed by atoms with Crippen molar-refractivity contribution < 1.29 is 9.59 Å². The molecule has 0 bridgehead atoms. The van der Waals surface area contributed by atoms with Crippen molar-refractivity contribution in [3.8, 4) is 0 Å². The summed E-state index contributed by atoms with van der Waals surface area (Å²) in [6.45, 7) is 1.42. The summed E-state index contributed by atoms with van der Waals surface area (Å²) in [6.07, 6.45) is 8.32. The van der Waals surface area contributed by atoms with E-state index >= 15 is 0 Å². The number of amides is 2. The molecular weight excluding hydrogens is 334 g/mol. The highest BCUT2D eigenvalue weighted by molar-refractivity contribution is 7.99. The first-order valence-corrected chi connectivity index (χ1v) is 10.3. The zero-order chi connectivity index (χ0) is 17.5. The fourth-order valence-corrected chi connectivity index (χ4v) is 4.34. The molecule has 1 aliphatic carbocycles. The second-order valence-corrected chi connectivity index (χ2v) is 7.89. The van der Waals surface area contributed by atoms with Crippen molar-refractivity contribution in [2.24, 2.45) is 0 Å². The Morgan fingerprint density at radius 1 is 1.16 bits per heavy atom. The number of carbonyl (C=O) groups is 2. The minimum absolute atomic E-state index is 0.0106. The van der Waals surface area contributed by atoms with Crippen LogP contribution in [0.3, 0.4) is 0 Å². The standard InChI is InChI=1S/C19H27N3O2S/c23-18-9-12-25-17-8-7-14(13-16(17)22-18)19(24)21-11-10-20-15-5-3-1-2-4-6-15/h7-8,13,15,20H,1-6,9-12H2,(H,21,24)(H,22,23). The summed E-state index contributed by atoms with van der Waals surface area (Å²) in [6, 6.07) is 6.13. The van der Waals surface area contributed by atoms with Gasteiger partial charge in [-0.25, -0.2) is 0 Å². The lowest BCUT2D eigenvalue weighted by Gasteiger charge is -2.16. The minimum atomic E-state index is -0.0889. The summed E-state index contributed by atoms with van der Waals surface area (Å²) in [7, 11) is 0. The molecule has 0 atom stereocenters. The number of nitrogens with one attached hydrogen (secondary N) is 3. The molecule has 0 aromatic heterocycles. The predicted octanol–water partition coefficient (Wildman–Crippen LogP) is 3.16. The molecule has 1 aromatic rings. The largest absolute Gasteiger partial charge is 0.351 e. The van der Waals surface area contributed by atoms with Crippen LogP contribution in [0.25, 0.3) is 0 Å². The molecule has 25 heavy (non-hydrogen) atoms. The predicted molar refractivity (Wildman–Crippen MR) is 102 cm³/mol. The molecule has 1 aliphatic heterocycles. The normalized spacial score (nSPS) is 18.6. The zero-order valence-corrected chi connectivity index (χ0v) is 15.4. The van der Waals surface area contributed by atoms with Crippen molar-refractivity contribution in [1.82, 2.24) is 10.6 Å². The van der Waals surface area contributed by atoms with Gasteiger partial charge < -0.3 is 16.0 Å². The highest BCUT2D eigenvalue weighted by atomic mass is 32.2. The molecule has 2 aliphatic rings. The van der Waals surface area contributed by atoms with Gasteiger partial charge in [-0.3, -0.25) is 9.59 Å². The van der Waals surface area contributed by atoms with Crippen LogP contribution in [0.4, 0.5) is 5.69 Å². The Balaban J connectivity index is 1.47. The van der Waals surface area contributed by atoms with Gasteiger partial charge >= 0.3 is 0 Å². The van der Waals surface area contributed by atoms with E-state index in [-0.39, 0.29) is 11.8 Å². The van der Waals surface area contributed by atoms with E-state index in [1.54, 1.807) is 17.8 Å². The van der Waals surface area contributed by atoms with E-state index in [0.29, 0.717) is 24.6 Å². The first-order valence-electron chi connectivity index (χ1n) is 9.30. The highest BCUT2D eigenvalue weighted by Gasteiger charge is 2.16. The third-order valence-electron chi connectivity index (χ3n) is 4.80. The van der Waals surface area contributed by atoms with Crippen LogP contribution in [0.1, 0.15) is 55.3 Å². The third kappa shape index (κ3) is 5.47. The second-order valence-electron chi connectivity index (χ2n) is 6.76. The summed E-state index contributed by atoms with van der Waals surface area (Å²) >= 11 is 1.65. The summed E-state index contributed by atoms with van der Waals surface area (Å²) in [5.74, 6) is 0.697. The fourth-order valence-electron chi connectivity index (χ4n) is 3.40. The van der Waals surface area contributed by atoms with Crippen molar-refractivity contribution in [2.45, 2.75) is 55.9 Å². The van der Waals surface area contributed by atoms with Crippen LogP contribution >= 0.6 is 11.8 Å². The molecule has 0 spiro atoms. The van der Waals surface area contributed by atoms with Crippen LogP contribution < -0.4 is 16.0 Å². The Bertz CT molecular complexity index is 613.